The van der Waals surface area contributed by atoms with E-state index >= 15 is 0 Å². The molecule has 1 aliphatic heterocycles. The first-order valence-electron chi connectivity index (χ1n) is 9.82. The Labute approximate surface area is 186 Å². The number of hydrogen-bond donors (Lipinski definition) is 1. The van der Waals surface area contributed by atoms with Gasteiger partial charge < -0.3 is 9.88 Å². The highest BCUT2D eigenvalue weighted by Crippen LogP contribution is 2.36. The number of hydrogen-bond acceptors (Lipinski definition) is 4. The molecule has 2 aromatic carbocycles. The lowest BCUT2D eigenvalue weighted by Gasteiger charge is -2.22. The molecule has 2 atom stereocenters. The smallest absolute Gasteiger partial charge is 0.378 e. The fourth-order valence-corrected chi connectivity index (χ4v) is 5.28. The Morgan fingerprint density at radius 3 is 2.36 bits per heavy atom. The summed E-state index contributed by atoms with van der Waals surface area (Å²) in [4.78, 5) is 3.88. The van der Waals surface area contributed by atoms with E-state index in [1.807, 2.05) is 0 Å². The Kier molecular flexibility index (Phi) is 5.91. The maximum Gasteiger partial charge on any atom is 0.416 e. The van der Waals surface area contributed by atoms with E-state index in [2.05, 4.69) is 10.3 Å². The van der Waals surface area contributed by atoms with Crippen LogP contribution in [-0.4, -0.2) is 41.4 Å². The van der Waals surface area contributed by atoms with Gasteiger partial charge in [0.1, 0.15) is 11.6 Å². The molecule has 0 saturated carbocycles. The van der Waals surface area contributed by atoms with Crippen molar-refractivity contribution in [2.75, 3.05) is 18.4 Å². The van der Waals surface area contributed by atoms with Gasteiger partial charge in [-0.1, -0.05) is 12.1 Å². The van der Waals surface area contributed by atoms with E-state index in [1.54, 1.807) is 7.05 Å². The molecule has 0 spiro atoms. The molecule has 0 radical (unpaired) electrons. The first-order chi connectivity index (χ1) is 15.4. The van der Waals surface area contributed by atoms with Crippen LogP contribution in [0.4, 0.5) is 27.6 Å². The Balaban J connectivity index is 1.69. The van der Waals surface area contributed by atoms with Gasteiger partial charge in [-0.15, -0.1) is 0 Å². The van der Waals surface area contributed by atoms with Crippen molar-refractivity contribution in [3.05, 3.63) is 77.8 Å². The second-order valence-corrected chi connectivity index (χ2v) is 9.69. The quantitative estimate of drug-likeness (QED) is 0.554. The third-order valence-electron chi connectivity index (χ3n) is 5.50. The summed E-state index contributed by atoms with van der Waals surface area (Å²) in [5, 5.41) is 2.56. The average Bonchev–Trinajstić information content (AvgIpc) is 3.37. The molecule has 1 aromatic heterocycles. The van der Waals surface area contributed by atoms with Crippen LogP contribution < -0.4 is 5.32 Å². The topological polar surface area (TPSA) is 67.2 Å². The number of halogens is 5. The summed E-state index contributed by atoms with van der Waals surface area (Å²) in [7, 11) is -2.41. The molecule has 6 nitrogen and oxygen atoms in total. The predicted molar refractivity (Wildman–Crippen MR) is 110 cm³/mol. The van der Waals surface area contributed by atoms with Gasteiger partial charge in [-0.2, -0.15) is 17.5 Å². The lowest BCUT2D eigenvalue weighted by Crippen LogP contribution is -2.32. The number of imidazole rings is 1. The van der Waals surface area contributed by atoms with Gasteiger partial charge in [0.05, 0.1) is 17.6 Å². The second kappa shape index (κ2) is 8.41. The van der Waals surface area contributed by atoms with Crippen molar-refractivity contribution in [3.8, 4) is 0 Å². The summed E-state index contributed by atoms with van der Waals surface area (Å²) < 4.78 is 95.9. The SMILES string of the molecule is Cn1cnc(S(=O)(=O)N2CC(Nc3cc(C(F)(F)F)ccc3F)C(c3ccc(F)cc3)C2)c1. The summed E-state index contributed by atoms with van der Waals surface area (Å²) in [5.41, 5.74) is -0.889. The molecule has 4 rings (SSSR count). The van der Waals surface area contributed by atoms with Gasteiger partial charge in [-0.05, 0) is 35.9 Å². The largest absolute Gasteiger partial charge is 0.416 e. The molecule has 1 N–H and O–H groups in total. The normalized spacial score (nSPS) is 19.7. The molecular formula is C21H19F5N4O2S. The lowest BCUT2D eigenvalue weighted by molar-refractivity contribution is -0.137. The predicted octanol–water partition coefficient (Wildman–Crippen LogP) is 3.99. The Bertz CT molecular complexity index is 1260. The van der Waals surface area contributed by atoms with Crippen LogP contribution in [0.3, 0.4) is 0 Å². The summed E-state index contributed by atoms with van der Waals surface area (Å²) >= 11 is 0. The van der Waals surface area contributed by atoms with Crippen molar-refractivity contribution in [1.29, 1.82) is 0 Å². The minimum absolute atomic E-state index is 0.0528. The molecule has 176 valence electrons. The third kappa shape index (κ3) is 4.71. The first kappa shape index (κ1) is 23.2. The average molecular weight is 486 g/mol. The van der Waals surface area contributed by atoms with Crippen LogP contribution in [0.1, 0.15) is 17.0 Å². The van der Waals surface area contributed by atoms with Crippen molar-refractivity contribution < 1.29 is 30.4 Å². The number of benzene rings is 2. The molecular weight excluding hydrogens is 467 g/mol. The zero-order chi connectivity index (χ0) is 24.0. The molecule has 0 aliphatic carbocycles. The summed E-state index contributed by atoms with van der Waals surface area (Å²) in [6.45, 7) is -0.209. The number of alkyl halides is 3. The van der Waals surface area contributed by atoms with Gasteiger partial charge in [-0.3, -0.25) is 0 Å². The van der Waals surface area contributed by atoms with Gasteiger partial charge in [0.25, 0.3) is 10.0 Å². The number of aromatic nitrogens is 2. The number of nitrogens with one attached hydrogen (secondary N) is 1. The van der Waals surface area contributed by atoms with E-state index in [9.17, 15) is 30.4 Å². The van der Waals surface area contributed by atoms with Crippen LogP contribution >= 0.6 is 0 Å². The second-order valence-electron chi connectivity index (χ2n) is 7.80. The van der Waals surface area contributed by atoms with Crippen molar-refractivity contribution in [2.45, 2.75) is 23.2 Å². The van der Waals surface area contributed by atoms with E-state index in [0.717, 1.165) is 4.31 Å². The van der Waals surface area contributed by atoms with E-state index in [1.165, 1.54) is 41.4 Å². The molecule has 3 aromatic rings. The number of aryl methyl sites for hydroxylation is 1. The maximum absolute atomic E-state index is 14.4. The third-order valence-corrected chi connectivity index (χ3v) is 7.22. The number of sulfonamides is 1. The van der Waals surface area contributed by atoms with E-state index in [4.69, 9.17) is 0 Å². The van der Waals surface area contributed by atoms with Crippen LogP contribution in [0.2, 0.25) is 0 Å². The zero-order valence-corrected chi connectivity index (χ0v) is 18.0. The number of rotatable bonds is 5. The van der Waals surface area contributed by atoms with Crippen molar-refractivity contribution in [2.24, 2.45) is 7.05 Å². The molecule has 1 aliphatic rings. The van der Waals surface area contributed by atoms with Crippen LogP contribution in [0.15, 0.2) is 60.0 Å². The fraction of sp³-hybridized carbons (Fsp3) is 0.286. The molecule has 2 heterocycles. The van der Waals surface area contributed by atoms with Gasteiger partial charge in [0.15, 0.2) is 5.03 Å². The van der Waals surface area contributed by atoms with E-state index < -0.39 is 51.0 Å². The Hall–Kier alpha value is -2.99. The molecule has 0 amide bonds. The standard InChI is InChI=1S/C21H19F5N4O2S/c1-29-11-20(27-12-29)33(31,32)30-9-16(13-2-5-15(22)6-3-13)19(10-30)28-18-8-14(21(24,25)26)4-7-17(18)23/h2-8,11-12,16,19,28H,9-10H2,1H3. The van der Waals surface area contributed by atoms with Gasteiger partial charge in [-0.25, -0.2) is 22.2 Å². The monoisotopic (exact) mass is 486 g/mol. The van der Waals surface area contributed by atoms with Crippen LogP contribution in [0.25, 0.3) is 0 Å². The molecule has 0 bridgehead atoms. The van der Waals surface area contributed by atoms with Gasteiger partial charge in [0.2, 0.25) is 0 Å². The molecule has 33 heavy (non-hydrogen) atoms. The highest BCUT2D eigenvalue weighted by Gasteiger charge is 2.41. The van der Waals surface area contributed by atoms with Crippen molar-refractivity contribution in [1.82, 2.24) is 13.9 Å². The van der Waals surface area contributed by atoms with Crippen LogP contribution in [-0.2, 0) is 23.2 Å². The van der Waals surface area contributed by atoms with Gasteiger partial charge in [0, 0.05) is 38.3 Å². The molecule has 1 saturated heterocycles. The lowest BCUT2D eigenvalue weighted by atomic mass is 9.94. The minimum atomic E-state index is -4.68. The van der Waals surface area contributed by atoms with Crippen molar-refractivity contribution in [3.63, 3.8) is 0 Å². The summed E-state index contributed by atoms with van der Waals surface area (Å²) in [6.07, 6.45) is -2.02. The highest BCUT2D eigenvalue weighted by molar-refractivity contribution is 7.89. The van der Waals surface area contributed by atoms with Crippen LogP contribution in [0.5, 0.6) is 0 Å². The van der Waals surface area contributed by atoms with E-state index in [-0.39, 0.29) is 18.1 Å². The fourth-order valence-electron chi connectivity index (χ4n) is 3.82. The Morgan fingerprint density at radius 1 is 1.06 bits per heavy atom. The molecule has 1 fully saturated rings. The van der Waals surface area contributed by atoms with Crippen molar-refractivity contribution >= 4 is 15.7 Å². The molecule has 2 unspecified atom stereocenters. The van der Waals surface area contributed by atoms with Gasteiger partial charge >= 0.3 is 6.18 Å². The minimum Gasteiger partial charge on any atom is -0.378 e. The zero-order valence-electron chi connectivity index (χ0n) is 17.2. The summed E-state index contributed by atoms with van der Waals surface area (Å²) in [5.74, 6) is -1.99. The Morgan fingerprint density at radius 2 is 1.76 bits per heavy atom. The highest BCUT2D eigenvalue weighted by atomic mass is 32.2. The van der Waals surface area contributed by atoms with Crippen LogP contribution in [0, 0.1) is 11.6 Å². The van der Waals surface area contributed by atoms with E-state index in [0.29, 0.717) is 23.8 Å². The summed E-state index contributed by atoms with van der Waals surface area (Å²) in [6, 6.07) is 6.53. The molecule has 12 heteroatoms. The number of nitrogens with zero attached hydrogens (tertiary/aromatic N) is 3. The number of anilines is 1. The maximum atomic E-state index is 14.4. The first-order valence-corrected chi connectivity index (χ1v) is 11.3.